The van der Waals surface area contributed by atoms with Crippen LogP contribution < -0.4 is 4.90 Å². The molecule has 0 radical (unpaired) electrons. The van der Waals surface area contributed by atoms with Crippen LogP contribution in [0.4, 0.5) is 10.2 Å². The van der Waals surface area contributed by atoms with Gasteiger partial charge in [0.2, 0.25) is 0 Å². The Kier molecular flexibility index (Phi) is 3.87. The summed E-state index contributed by atoms with van der Waals surface area (Å²) in [6.45, 7) is 5.23. The molecule has 17 heavy (non-hydrogen) atoms. The summed E-state index contributed by atoms with van der Waals surface area (Å²) in [7, 11) is 0. The Bertz CT molecular complexity index is 395. The van der Waals surface area contributed by atoms with Gasteiger partial charge in [0, 0.05) is 24.3 Å². The number of aromatic nitrogens is 1. The molecule has 0 amide bonds. The Labute approximate surface area is 107 Å². The van der Waals surface area contributed by atoms with E-state index in [0.717, 1.165) is 19.4 Å². The molecule has 1 aliphatic heterocycles. The summed E-state index contributed by atoms with van der Waals surface area (Å²) >= 11 is 5.72. The van der Waals surface area contributed by atoms with Crippen molar-refractivity contribution in [3.05, 3.63) is 23.6 Å². The molecule has 94 valence electrons. The van der Waals surface area contributed by atoms with Gasteiger partial charge in [-0.05, 0) is 24.8 Å². The Morgan fingerprint density at radius 1 is 1.59 bits per heavy atom. The van der Waals surface area contributed by atoms with Crippen molar-refractivity contribution >= 4 is 17.4 Å². The monoisotopic (exact) mass is 256 g/mol. The second-order valence-corrected chi connectivity index (χ2v) is 5.16. The van der Waals surface area contributed by atoms with E-state index >= 15 is 0 Å². The maximum absolute atomic E-state index is 14.2. The molecule has 0 spiro atoms. The highest BCUT2D eigenvalue weighted by molar-refractivity contribution is 6.17. The van der Waals surface area contributed by atoms with E-state index in [0.29, 0.717) is 23.3 Å². The van der Waals surface area contributed by atoms with E-state index in [1.165, 1.54) is 0 Å². The first-order valence-electron chi connectivity index (χ1n) is 6.11. The third-order valence-corrected chi connectivity index (χ3v) is 3.72. The normalized spacial score (nSPS) is 20.3. The van der Waals surface area contributed by atoms with E-state index in [1.54, 1.807) is 12.3 Å². The molecule has 1 unspecified atom stereocenters. The SMILES string of the molecule is CC(C)C1CCCN1c1nccc(CCl)c1F. The van der Waals surface area contributed by atoms with E-state index in [2.05, 4.69) is 23.7 Å². The lowest BCUT2D eigenvalue weighted by molar-refractivity contribution is 0.481. The summed E-state index contributed by atoms with van der Waals surface area (Å²) in [6, 6.07) is 2.04. The molecule has 1 saturated heterocycles. The molecule has 2 rings (SSSR count). The van der Waals surface area contributed by atoms with Crippen molar-refractivity contribution in [2.75, 3.05) is 11.4 Å². The predicted octanol–water partition coefficient (Wildman–Crippen LogP) is 3.58. The van der Waals surface area contributed by atoms with Gasteiger partial charge in [0.1, 0.15) is 0 Å². The molecule has 0 aliphatic carbocycles. The summed E-state index contributed by atoms with van der Waals surface area (Å²) in [5, 5.41) is 0. The molecule has 0 aromatic carbocycles. The van der Waals surface area contributed by atoms with Crippen LogP contribution >= 0.6 is 11.6 Å². The average Bonchev–Trinajstić information content (AvgIpc) is 2.78. The molecule has 1 fully saturated rings. The molecule has 0 saturated carbocycles. The number of hydrogen-bond donors (Lipinski definition) is 0. The Hall–Kier alpha value is -0.830. The van der Waals surface area contributed by atoms with Crippen LogP contribution in [0.25, 0.3) is 0 Å². The van der Waals surface area contributed by atoms with Crippen LogP contribution in [0.5, 0.6) is 0 Å². The highest BCUT2D eigenvalue weighted by Crippen LogP contribution is 2.31. The van der Waals surface area contributed by atoms with Crippen molar-refractivity contribution in [3.63, 3.8) is 0 Å². The van der Waals surface area contributed by atoms with Crippen LogP contribution in [-0.4, -0.2) is 17.6 Å². The standard InChI is InChI=1S/C13H18ClFN2/c1-9(2)11-4-3-7-17(11)13-12(15)10(8-14)5-6-16-13/h5-6,9,11H,3-4,7-8H2,1-2H3. The zero-order valence-electron chi connectivity index (χ0n) is 10.3. The van der Waals surface area contributed by atoms with Gasteiger partial charge < -0.3 is 4.90 Å². The number of alkyl halides is 1. The van der Waals surface area contributed by atoms with Crippen LogP contribution in [0.1, 0.15) is 32.3 Å². The fourth-order valence-electron chi connectivity index (χ4n) is 2.52. The minimum Gasteiger partial charge on any atom is -0.351 e. The number of nitrogens with zero attached hydrogens (tertiary/aromatic N) is 2. The molecular weight excluding hydrogens is 239 g/mol. The molecule has 1 aromatic rings. The van der Waals surface area contributed by atoms with E-state index in [-0.39, 0.29) is 11.7 Å². The van der Waals surface area contributed by atoms with Crippen molar-refractivity contribution < 1.29 is 4.39 Å². The fourth-order valence-corrected chi connectivity index (χ4v) is 2.73. The van der Waals surface area contributed by atoms with Gasteiger partial charge in [0.05, 0.1) is 5.88 Å². The van der Waals surface area contributed by atoms with Crippen molar-refractivity contribution in [2.45, 2.75) is 38.6 Å². The van der Waals surface area contributed by atoms with Crippen molar-refractivity contribution in [1.82, 2.24) is 4.98 Å². The molecule has 1 aliphatic rings. The van der Waals surface area contributed by atoms with Gasteiger partial charge in [-0.3, -0.25) is 0 Å². The summed E-state index contributed by atoms with van der Waals surface area (Å²) in [5.74, 6) is 0.925. The quantitative estimate of drug-likeness (QED) is 0.769. The lowest BCUT2D eigenvalue weighted by Gasteiger charge is -2.29. The lowest BCUT2D eigenvalue weighted by Crippen LogP contribution is -2.34. The number of rotatable bonds is 3. The highest BCUT2D eigenvalue weighted by atomic mass is 35.5. The Morgan fingerprint density at radius 2 is 2.35 bits per heavy atom. The number of anilines is 1. The number of halogens is 2. The third kappa shape index (κ3) is 2.39. The van der Waals surface area contributed by atoms with Gasteiger partial charge in [-0.15, -0.1) is 11.6 Å². The molecule has 2 nitrogen and oxygen atoms in total. The molecule has 1 atom stereocenters. The summed E-state index contributed by atoms with van der Waals surface area (Å²) in [6.07, 6.45) is 3.87. The maximum atomic E-state index is 14.2. The summed E-state index contributed by atoms with van der Waals surface area (Å²) < 4.78 is 14.2. The first kappa shape index (κ1) is 12.6. The molecule has 0 bridgehead atoms. The number of pyridine rings is 1. The Balaban J connectivity index is 2.33. The lowest BCUT2D eigenvalue weighted by atomic mass is 10.0. The second kappa shape index (κ2) is 5.21. The molecule has 1 aromatic heterocycles. The van der Waals surface area contributed by atoms with Crippen molar-refractivity contribution in [2.24, 2.45) is 5.92 Å². The molecule has 0 N–H and O–H groups in total. The molecule has 2 heterocycles. The first-order valence-corrected chi connectivity index (χ1v) is 6.64. The van der Waals surface area contributed by atoms with Gasteiger partial charge in [-0.2, -0.15) is 0 Å². The highest BCUT2D eigenvalue weighted by Gasteiger charge is 2.30. The largest absolute Gasteiger partial charge is 0.351 e. The number of hydrogen-bond acceptors (Lipinski definition) is 2. The van der Waals surface area contributed by atoms with E-state index < -0.39 is 0 Å². The molecular formula is C13H18ClFN2. The maximum Gasteiger partial charge on any atom is 0.170 e. The zero-order chi connectivity index (χ0) is 12.4. The smallest absolute Gasteiger partial charge is 0.170 e. The predicted molar refractivity (Wildman–Crippen MR) is 69.0 cm³/mol. The van der Waals surface area contributed by atoms with Crippen LogP contribution in [0.15, 0.2) is 12.3 Å². The van der Waals surface area contributed by atoms with Crippen LogP contribution in [0.2, 0.25) is 0 Å². The van der Waals surface area contributed by atoms with E-state index in [9.17, 15) is 4.39 Å². The van der Waals surface area contributed by atoms with Crippen molar-refractivity contribution in [3.8, 4) is 0 Å². The van der Waals surface area contributed by atoms with Gasteiger partial charge >= 0.3 is 0 Å². The average molecular weight is 257 g/mol. The zero-order valence-corrected chi connectivity index (χ0v) is 11.0. The summed E-state index contributed by atoms with van der Waals surface area (Å²) in [4.78, 5) is 6.29. The van der Waals surface area contributed by atoms with Gasteiger partial charge in [0.15, 0.2) is 11.6 Å². The van der Waals surface area contributed by atoms with Gasteiger partial charge in [-0.25, -0.2) is 9.37 Å². The van der Waals surface area contributed by atoms with Crippen molar-refractivity contribution in [1.29, 1.82) is 0 Å². The third-order valence-electron chi connectivity index (χ3n) is 3.44. The first-order chi connectivity index (χ1) is 8.15. The minimum absolute atomic E-state index is 0.196. The molecule has 4 heteroatoms. The topological polar surface area (TPSA) is 16.1 Å². The summed E-state index contributed by atoms with van der Waals surface area (Å²) in [5.41, 5.74) is 0.533. The van der Waals surface area contributed by atoms with Gasteiger partial charge in [0.25, 0.3) is 0 Å². The van der Waals surface area contributed by atoms with E-state index in [4.69, 9.17) is 11.6 Å². The van der Waals surface area contributed by atoms with Crippen LogP contribution in [0.3, 0.4) is 0 Å². The fraction of sp³-hybridized carbons (Fsp3) is 0.615. The van der Waals surface area contributed by atoms with E-state index in [1.807, 2.05) is 0 Å². The van der Waals surface area contributed by atoms with Gasteiger partial charge in [-0.1, -0.05) is 13.8 Å². The van der Waals surface area contributed by atoms with Crippen LogP contribution in [0, 0.1) is 11.7 Å². The minimum atomic E-state index is -0.255. The van der Waals surface area contributed by atoms with Crippen LogP contribution in [-0.2, 0) is 5.88 Å². The Morgan fingerprint density at radius 3 is 3.00 bits per heavy atom. The second-order valence-electron chi connectivity index (χ2n) is 4.89.